The summed E-state index contributed by atoms with van der Waals surface area (Å²) in [5.41, 5.74) is -1.87. The van der Waals surface area contributed by atoms with Gasteiger partial charge in [-0.2, -0.15) is 26.3 Å². The highest BCUT2D eigenvalue weighted by Crippen LogP contribution is 2.43. The molecule has 2 bridgehead atoms. The molecule has 0 saturated carbocycles. The summed E-state index contributed by atoms with van der Waals surface area (Å²) >= 11 is 0. The summed E-state index contributed by atoms with van der Waals surface area (Å²) in [6.07, 6.45) is -6.09. The van der Waals surface area contributed by atoms with Crippen molar-refractivity contribution in [1.29, 1.82) is 0 Å². The van der Waals surface area contributed by atoms with Gasteiger partial charge in [-0.1, -0.05) is 30.3 Å². The Labute approximate surface area is 170 Å². The quantitative estimate of drug-likeness (QED) is 0.618. The second kappa shape index (κ2) is 7.57. The van der Waals surface area contributed by atoms with E-state index in [-0.39, 0.29) is 29.8 Å². The van der Waals surface area contributed by atoms with Crippen molar-refractivity contribution in [3.8, 4) is 0 Å². The summed E-state index contributed by atoms with van der Waals surface area (Å²) in [7, 11) is 0. The van der Waals surface area contributed by atoms with Crippen LogP contribution in [-0.2, 0) is 24.4 Å². The highest BCUT2D eigenvalue weighted by Gasteiger charge is 2.49. The molecule has 8 heteroatoms. The van der Waals surface area contributed by atoms with Gasteiger partial charge in [0.1, 0.15) is 0 Å². The fraction of sp³-hybridized carbons (Fsp3) is 0.455. The SMILES string of the molecule is FC(F)(F)c1cc(CN[C@@H]2CC[C@H]3CC[C@]2(c2ccccc2)N3)cc(C(F)(F)F)c1. The lowest BCUT2D eigenvalue weighted by Gasteiger charge is -2.43. The van der Waals surface area contributed by atoms with Crippen LogP contribution in [0.3, 0.4) is 0 Å². The zero-order chi connectivity index (χ0) is 21.6. The molecule has 0 unspecified atom stereocenters. The molecule has 0 amide bonds. The van der Waals surface area contributed by atoms with Crippen LogP contribution in [0.5, 0.6) is 0 Å². The number of alkyl halides is 6. The average Bonchev–Trinajstić information content (AvgIpc) is 3.05. The van der Waals surface area contributed by atoms with Crippen molar-refractivity contribution in [2.24, 2.45) is 0 Å². The van der Waals surface area contributed by atoms with Crippen molar-refractivity contribution >= 4 is 0 Å². The second-order valence-electron chi connectivity index (χ2n) is 8.14. The van der Waals surface area contributed by atoms with E-state index in [0.717, 1.165) is 43.4 Å². The van der Waals surface area contributed by atoms with Gasteiger partial charge in [0.25, 0.3) is 0 Å². The van der Waals surface area contributed by atoms with Crippen LogP contribution in [-0.4, -0.2) is 12.1 Å². The maximum atomic E-state index is 13.1. The van der Waals surface area contributed by atoms with E-state index in [1.807, 2.05) is 30.3 Å². The van der Waals surface area contributed by atoms with Crippen molar-refractivity contribution in [1.82, 2.24) is 10.6 Å². The van der Waals surface area contributed by atoms with E-state index in [9.17, 15) is 26.3 Å². The van der Waals surface area contributed by atoms with Crippen molar-refractivity contribution in [3.63, 3.8) is 0 Å². The molecular formula is C22H22F6N2. The van der Waals surface area contributed by atoms with Gasteiger partial charge >= 0.3 is 12.4 Å². The molecule has 3 atom stereocenters. The average molecular weight is 428 g/mol. The summed E-state index contributed by atoms with van der Waals surface area (Å²) in [4.78, 5) is 0. The van der Waals surface area contributed by atoms with Gasteiger partial charge in [-0.25, -0.2) is 0 Å². The molecule has 0 aromatic heterocycles. The van der Waals surface area contributed by atoms with Crippen molar-refractivity contribution in [2.45, 2.75) is 62.2 Å². The standard InChI is InChI=1S/C22H22F6N2/c23-21(24,25)16-10-14(11-17(12-16)22(26,27)28)13-29-19-7-6-18-8-9-20(19,30-18)15-4-2-1-3-5-15/h1-5,10-12,18-19,29-30H,6-9,13H2/t18-,19+,20+/m0/s1. The van der Waals surface area contributed by atoms with Crippen molar-refractivity contribution in [3.05, 3.63) is 70.8 Å². The molecule has 2 aliphatic rings. The van der Waals surface area contributed by atoms with Gasteiger partial charge in [-0.15, -0.1) is 0 Å². The Morgan fingerprint density at radius 3 is 2.10 bits per heavy atom. The maximum Gasteiger partial charge on any atom is 0.416 e. The molecule has 2 saturated heterocycles. The first-order valence-electron chi connectivity index (χ1n) is 9.93. The number of fused-ring (bicyclic) bond motifs is 2. The summed E-state index contributed by atoms with van der Waals surface area (Å²) in [6, 6.07) is 11.9. The minimum atomic E-state index is -4.84. The van der Waals surface area contributed by atoms with Crippen LogP contribution in [0.25, 0.3) is 0 Å². The molecule has 4 rings (SSSR count). The van der Waals surface area contributed by atoms with Crippen molar-refractivity contribution in [2.75, 3.05) is 0 Å². The Bertz CT molecular complexity index is 860. The first-order chi connectivity index (χ1) is 14.1. The van der Waals surface area contributed by atoms with E-state index in [1.54, 1.807) is 0 Å². The Morgan fingerprint density at radius 1 is 0.867 bits per heavy atom. The third-order valence-electron chi connectivity index (χ3n) is 6.24. The number of hydrogen-bond acceptors (Lipinski definition) is 2. The monoisotopic (exact) mass is 428 g/mol. The molecular weight excluding hydrogens is 406 g/mol. The number of hydrogen-bond donors (Lipinski definition) is 2. The van der Waals surface area contributed by atoms with Crippen LogP contribution >= 0.6 is 0 Å². The van der Waals surface area contributed by atoms with E-state index >= 15 is 0 Å². The molecule has 2 aliphatic heterocycles. The van der Waals surface area contributed by atoms with Gasteiger partial charge in [-0.05, 0) is 55.0 Å². The van der Waals surface area contributed by atoms with Gasteiger partial charge in [-0.3, -0.25) is 0 Å². The number of nitrogens with one attached hydrogen (secondary N) is 2. The first kappa shape index (κ1) is 21.2. The number of benzene rings is 2. The topological polar surface area (TPSA) is 24.1 Å². The summed E-state index contributed by atoms with van der Waals surface area (Å²) < 4.78 is 78.8. The highest BCUT2D eigenvalue weighted by atomic mass is 19.4. The molecule has 2 N–H and O–H groups in total. The Hall–Kier alpha value is -2.06. The third kappa shape index (κ3) is 4.07. The molecule has 30 heavy (non-hydrogen) atoms. The van der Waals surface area contributed by atoms with E-state index in [1.165, 1.54) is 0 Å². The van der Waals surface area contributed by atoms with Gasteiger partial charge in [0.2, 0.25) is 0 Å². The molecule has 2 nitrogen and oxygen atoms in total. The van der Waals surface area contributed by atoms with Crippen LogP contribution in [0.15, 0.2) is 48.5 Å². The third-order valence-corrected chi connectivity index (χ3v) is 6.24. The van der Waals surface area contributed by atoms with Gasteiger partial charge in [0.15, 0.2) is 0 Å². The van der Waals surface area contributed by atoms with Crippen LogP contribution in [0.2, 0.25) is 0 Å². The normalized spacial score (nSPS) is 26.7. The number of rotatable bonds is 4. The minimum Gasteiger partial charge on any atom is -0.308 e. The first-order valence-corrected chi connectivity index (χ1v) is 9.93. The summed E-state index contributed by atoms with van der Waals surface area (Å²) in [5.74, 6) is 0. The largest absolute Gasteiger partial charge is 0.416 e. The van der Waals surface area contributed by atoms with E-state index in [4.69, 9.17) is 0 Å². The lowest BCUT2D eigenvalue weighted by Crippen LogP contribution is -2.58. The molecule has 2 fully saturated rings. The van der Waals surface area contributed by atoms with Gasteiger partial charge in [0, 0.05) is 18.6 Å². The zero-order valence-electron chi connectivity index (χ0n) is 16.1. The molecule has 2 aromatic carbocycles. The fourth-order valence-electron chi connectivity index (χ4n) is 4.82. The van der Waals surface area contributed by atoms with Crippen LogP contribution in [0, 0.1) is 0 Å². The molecule has 0 radical (unpaired) electrons. The van der Waals surface area contributed by atoms with E-state index in [2.05, 4.69) is 10.6 Å². The molecule has 0 spiro atoms. The zero-order valence-corrected chi connectivity index (χ0v) is 16.1. The lowest BCUT2D eigenvalue weighted by molar-refractivity contribution is -0.143. The Kier molecular flexibility index (Phi) is 5.34. The predicted octanol–water partition coefficient (Wildman–Crippen LogP) is 5.62. The maximum absolute atomic E-state index is 13.1. The smallest absolute Gasteiger partial charge is 0.308 e. The highest BCUT2D eigenvalue weighted by molar-refractivity contribution is 5.34. The number of halogens is 6. The summed E-state index contributed by atoms with van der Waals surface area (Å²) in [5, 5.41) is 6.92. The van der Waals surface area contributed by atoms with Crippen LogP contribution in [0.1, 0.15) is 47.9 Å². The molecule has 162 valence electrons. The molecule has 2 aromatic rings. The van der Waals surface area contributed by atoms with Crippen LogP contribution in [0.4, 0.5) is 26.3 Å². The Balaban J connectivity index is 1.61. The number of piperidine rings is 1. The molecule has 0 aliphatic carbocycles. The minimum absolute atomic E-state index is 0.0273. The lowest BCUT2D eigenvalue weighted by atomic mass is 9.79. The fourth-order valence-corrected chi connectivity index (χ4v) is 4.82. The Morgan fingerprint density at radius 2 is 1.50 bits per heavy atom. The van der Waals surface area contributed by atoms with E-state index < -0.39 is 23.5 Å². The van der Waals surface area contributed by atoms with Gasteiger partial charge < -0.3 is 10.6 Å². The second-order valence-corrected chi connectivity index (χ2v) is 8.14. The molecule has 2 heterocycles. The van der Waals surface area contributed by atoms with Crippen LogP contribution < -0.4 is 10.6 Å². The predicted molar refractivity (Wildman–Crippen MR) is 101 cm³/mol. The van der Waals surface area contributed by atoms with E-state index in [0.29, 0.717) is 6.04 Å². The van der Waals surface area contributed by atoms with Crippen molar-refractivity contribution < 1.29 is 26.3 Å². The van der Waals surface area contributed by atoms with Gasteiger partial charge in [0.05, 0.1) is 16.7 Å². The summed E-state index contributed by atoms with van der Waals surface area (Å²) in [6.45, 7) is -0.0708.